The van der Waals surface area contributed by atoms with Gasteiger partial charge in [0.1, 0.15) is 0 Å². The highest BCUT2D eigenvalue weighted by Crippen LogP contribution is 2.29. The first-order valence-corrected chi connectivity index (χ1v) is 8.52. The van der Waals surface area contributed by atoms with E-state index in [1.165, 1.54) is 0 Å². The molecule has 2 unspecified atom stereocenters. The lowest BCUT2D eigenvalue weighted by atomic mass is 10.0. The van der Waals surface area contributed by atoms with Crippen LogP contribution >= 0.6 is 0 Å². The van der Waals surface area contributed by atoms with Crippen molar-refractivity contribution in [3.05, 3.63) is 30.1 Å². The Kier molecular flexibility index (Phi) is 4.64. The summed E-state index contributed by atoms with van der Waals surface area (Å²) in [4.78, 5) is 33.0. The molecule has 0 radical (unpaired) electrons. The van der Waals surface area contributed by atoms with Crippen LogP contribution in [0.4, 0.5) is 0 Å². The van der Waals surface area contributed by atoms with E-state index >= 15 is 0 Å². The largest absolute Gasteiger partial charge is 0.342 e. The number of hydrogen-bond acceptors (Lipinski definition) is 3. The number of pyridine rings is 1. The maximum Gasteiger partial charge on any atom is 0.228 e. The molecule has 5 heteroatoms. The highest BCUT2D eigenvalue weighted by Gasteiger charge is 2.38. The van der Waals surface area contributed by atoms with E-state index in [4.69, 9.17) is 0 Å². The average Bonchev–Trinajstić information content (AvgIpc) is 3.15. The SMILES string of the molecule is CC(C)CN1CC(C(=O)N2CCC(c3ccccn3)C2)CC1=O. The molecule has 2 amide bonds. The van der Waals surface area contributed by atoms with E-state index in [9.17, 15) is 9.59 Å². The van der Waals surface area contributed by atoms with Gasteiger partial charge in [-0.15, -0.1) is 0 Å². The number of rotatable bonds is 4. The Hall–Kier alpha value is -1.91. The van der Waals surface area contributed by atoms with Crippen molar-refractivity contribution < 1.29 is 9.59 Å². The predicted octanol–water partition coefficient (Wildman–Crippen LogP) is 1.90. The maximum atomic E-state index is 12.7. The molecule has 0 bridgehead atoms. The zero-order chi connectivity index (χ0) is 16.4. The third-order valence-corrected chi connectivity index (χ3v) is 4.76. The summed E-state index contributed by atoms with van der Waals surface area (Å²) < 4.78 is 0. The van der Waals surface area contributed by atoms with E-state index in [1.54, 1.807) is 6.20 Å². The van der Waals surface area contributed by atoms with E-state index in [1.807, 2.05) is 28.0 Å². The van der Waals surface area contributed by atoms with E-state index in [0.717, 1.165) is 31.7 Å². The van der Waals surface area contributed by atoms with Crippen molar-refractivity contribution in [3.8, 4) is 0 Å². The Bertz CT molecular complexity index is 573. The summed E-state index contributed by atoms with van der Waals surface area (Å²) in [5.41, 5.74) is 1.06. The van der Waals surface area contributed by atoms with Crippen LogP contribution in [0.5, 0.6) is 0 Å². The van der Waals surface area contributed by atoms with Gasteiger partial charge in [0.2, 0.25) is 11.8 Å². The first-order valence-electron chi connectivity index (χ1n) is 8.52. The lowest BCUT2D eigenvalue weighted by Gasteiger charge is -2.22. The normalized spacial score (nSPS) is 24.7. The van der Waals surface area contributed by atoms with E-state index in [2.05, 4.69) is 18.8 Å². The monoisotopic (exact) mass is 315 g/mol. The molecule has 124 valence electrons. The number of amides is 2. The third-order valence-electron chi connectivity index (χ3n) is 4.76. The van der Waals surface area contributed by atoms with Gasteiger partial charge >= 0.3 is 0 Å². The first-order chi connectivity index (χ1) is 11.0. The van der Waals surface area contributed by atoms with Gasteiger partial charge in [0.05, 0.1) is 5.92 Å². The van der Waals surface area contributed by atoms with Crippen molar-refractivity contribution in [2.75, 3.05) is 26.2 Å². The van der Waals surface area contributed by atoms with Gasteiger partial charge in [-0.25, -0.2) is 0 Å². The molecule has 0 spiro atoms. The molecule has 0 N–H and O–H groups in total. The molecule has 5 nitrogen and oxygen atoms in total. The van der Waals surface area contributed by atoms with Crippen LogP contribution in [0.2, 0.25) is 0 Å². The molecule has 1 aromatic heterocycles. The standard InChI is InChI=1S/C18H25N3O2/c1-13(2)10-21-12-15(9-17(21)22)18(23)20-8-6-14(11-20)16-5-3-4-7-19-16/h3-5,7,13-15H,6,8-12H2,1-2H3. The molecule has 2 aliphatic rings. The fourth-order valence-electron chi connectivity index (χ4n) is 3.63. The Labute approximate surface area is 137 Å². The summed E-state index contributed by atoms with van der Waals surface area (Å²) in [6.45, 7) is 7.03. The van der Waals surface area contributed by atoms with Crippen LogP contribution in [-0.2, 0) is 9.59 Å². The molecule has 3 heterocycles. The van der Waals surface area contributed by atoms with Crippen LogP contribution < -0.4 is 0 Å². The van der Waals surface area contributed by atoms with Crippen LogP contribution in [0.15, 0.2) is 24.4 Å². The smallest absolute Gasteiger partial charge is 0.228 e. The molecule has 0 aromatic carbocycles. The molecular weight excluding hydrogens is 290 g/mol. The Morgan fingerprint density at radius 2 is 2.17 bits per heavy atom. The van der Waals surface area contributed by atoms with Crippen molar-refractivity contribution in [2.24, 2.45) is 11.8 Å². The lowest BCUT2D eigenvalue weighted by Crippen LogP contribution is -2.36. The van der Waals surface area contributed by atoms with Crippen LogP contribution in [0.1, 0.15) is 38.3 Å². The highest BCUT2D eigenvalue weighted by atomic mass is 16.2. The second kappa shape index (κ2) is 6.69. The van der Waals surface area contributed by atoms with Gasteiger partial charge in [0.15, 0.2) is 0 Å². The summed E-state index contributed by atoms with van der Waals surface area (Å²) in [6.07, 6.45) is 3.13. The molecule has 2 atom stereocenters. The topological polar surface area (TPSA) is 53.5 Å². The minimum atomic E-state index is -0.163. The van der Waals surface area contributed by atoms with E-state index < -0.39 is 0 Å². The average molecular weight is 315 g/mol. The maximum absolute atomic E-state index is 12.7. The van der Waals surface area contributed by atoms with Crippen molar-refractivity contribution >= 4 is 11.8 Å². The molecule has 3 rings (SSSR count). The molecule has 2 saturated heterocycles. The first kappa shape index (κ1) is 16.0. The van der Waals surface area contributed by atoms with Gasteiger partial charge in [-0.1, -0.05) is 19.9 Å². The van der Waals surface area contributed by atoms with Crippen LogP contribution in [0.3, 0.4) is 0 Å². The van der Waals surface area contributed by atoms with Gasteiger partial charge in [-0.2, -0.15) is 0 Å². The predicted molar refractivity (Wildman–Crippen MR) is 87.7 cm³/mol. The van der Waals surface area contributed by atoms with Gasteiger partial charge in [-0.05, 0) is 24.5 Å². The summed E-state index contributed by atoms with van der Waals surface area (Å²) in [6, 6.07) is 5.93. The molecule has 2 fully saturated rings. The van der Waals surface area contributed by atoms with Gasteiger partial charge < -0.3 is 9.80 Å². The minimum absolute atomic E-state index is 0.123. The van der Waals surface area contributed by atoms with Crippen LogP contribution in [0, 0.1) is 11.8 Å². The molecule has 23 heavy (non-hydrogen) atoms. The van der Waals surface area contributed by atoms with Gasteiger partial charge in [-0.3, -0.25) is 14.6 Å². The Balaban J connectivity index is 1.58. The number of likely N-dealkylation sites (tertiary alicyclic amines) is 2. The van der Waals surface area contributed by atoms with Crippen molar-refractivity contribution in [2.45, 2.75) is 32.6 Å². The molecule has 2 aliphatic heterocycles. The van der Waals surface area contributed by atoms with Crippen LogP contribution in [-0.4, -0.2) is 52.8 Å². The van der Waals surface area contributed by atoms with Crippen LogP contribution in [0.25, 0.3) is 0 Å². The van der Waals surface area contributed by atoms with Crippen molar-refractivity contribution in [1.82, 2.24) is 14.8 Å². The quantitative estimate of drug-likeness (QED) is 0.853. The molecule has 1 aromatic rings. The van der Waals surface area contributed by atoms with E-state index in [-0.39, 0.29) is 17.7 Å². The Morgan fingerprint density at radius 3 is 2.87 bits per heavy atom. The van der Waals surface area contributed by atoms with Crippen molar-refractivity contribution in [3.63, 3.8) is 0 Å². The molecule has 0 aliphatic carbocycles. The van der Waals surface area contributed by atoms with Gasteiger partial charge in [0.25, 0.3) is 0 Å². The summed E-state index contributed by atoms with van der Waals surface area (Å²) in [5, 5.41) is 0. The van der Waals surface area contributed by atoms with Crippen molar-refractivity contribution in [1.29, 1.82) is 0 Å². The third kappa shape index (κ3) is 3.54. The number of hydrogen-bond donors (Lipinski definition) is 0. The zero-order valence-electron chi connectivity index (χ0n) is 13.9. The summed E-state index contributed by atoms with van der Waals surface area (Å²) in [7, 11) is 0. The fourth-order valence-corrected chi connectivity index (χ4v) is 3.63. The molecule has 0 saturated carbocycles. The second-order valence-corrected chi connectivity index (χ2v) is 7.12. The second-order valence-electron chi connectivity index (χ2n) is 7.12. The summed E-state index contributed by atoms with van der Waals surface area (Å²) in [5.74, 6) is 0.862. The lowest BCUT2D eigenvalue weighted by molar-refractivity contribution is -0.134. The zero-order valence-corrected chi connectivity index (χ0v) is 13.9. The number of aromatic nitrogens is 1. The minimum Gasteiger partial charge on any atom is -0.342 e. The number of nitrogens with zero attached hydrogens (tertiary/aromatic N) is 3. The van der Waals surface area contributed by atoms with E-state index in [0.29, 0.717) is 24.8 Å². The fraction of sp³-hybridized carbons (Fsp3) is 0.611. The Morgan fingerprint density at radius 1 is 1.35 bits per heavy atom. The number of carbonyl (C=O) groups is 2. The number of carbonyl (C=O) groups excluding carboxylic acids is 2. The molecular formula is C18H25N3O2. The highest BCUT2D eigenvalue weighted by molar-refractivity contribution is 5.89. The summed E-state index contributed by atoms with van der Waals surface area (Å²) >= 11 is 0. The van der Waals surface area contributed by atoms with Gasteiger partial charge in [0, 0.05) is 50.4 Å².